The van der Waals surface area contributed by atoms with E-state index in [1.165, 1.54) is 18.1 Å². The highest BCUT2D eigenvalue weighted by Gasteiger charge is 2.76. The number of amides is 4. The molecule has 2 aromatic rings. The monoisotopic (exact) mass is 646 g/mol. The maximum absolute atomic E-state index is 13.9. The summed E-state index contributed by atoms with van der Waals surface area (Å²) in [4.78, 5) is 53.3. The molecule has 2 aliphatic heterocycles. The number of halogens is 3. The maximum Gasteiger partial charge on any atom is 0.254 e. The number of allylic oxidation sites excluding steroid dienone is 2. The quantitative estimate of drug-likeness (QED) is 0.225. The third-order valence-electron chi connectivity index (χ3n) is 8.83. The van der Waals surface area contributed by atoms with Crippen molar-refractivity contribution in [2.75, 3.05) is 12.6 Å². The summed E-state index contributed by atoms with van der Waals surface area (Å²) in [6, 6.07) is 13.9. The Bertz CT molecular complexity index is 1480. The van der Waals surface area contributed by atoms with Crippen LogP contribution in [0.5, 0.6) is 11.5 Å². The molecule has 6 unspecified atom stereocenters. The van der Waals surface area contributed by atoms with Gasteiger partial charge in [-0.05, 0) is 42.0 Å². The summed E-state index contributed by atoms with van der Waals surface area (Å²) in [7, 11) is 1.42. The Hall–Kier alpha value is -2.88. The fourth-order valence-electron chi connectivity index (χ4n) is 7.00. The number of phenolic OH excluding ortho intramolecular Hbond substituents is 1. The van der Waals surface area contributed by atoms with Crippen molar-refractivity contribution in [1.82, 2.24) is 9.80 Å². The van der Waals surface area contributed by atoms with Crippen LogP contribution in [-0.2, 0) is 25.7 Å². The van der Waals surface area contributed by atoms with E-state index in [9.17, 15) is 24.3 Å². The smallest absolute Gasteiger partial charge is 0.254 e. The number of alkyl halides is 3. The van der Waals surface area contributed by atoms with E-state index in [1.807, 2.05) is 36.4 Å². The number of phenols is 1. The Kier molecular flexibility index (Phi) is 6.55. The number of carbonyl (C=O) groups is 4. The van der Waals surface area contributed by atoms with Gasteiger partial charge in [-0.1, -0.05) is 64.0 Å². The van der Waals surface area contributed by atoms with E-state index in [1.54, 1.807) is 12.1 Å². The van der Waals surface area contributed by atoms with Gasteiger partial charge in [0.1, 0.15) is 0 Å². The number of aromatic hydroxyl groups is 1. The topological polar surface area (TPSA) is 104 Å². The van der Waals surface area contributed by atoms with Crippen LogP contribution < -0.4 is 4.74 Å². The Morgan fingerprint density at radius 2 is 1.73 bits per heavy atom. The molecule has 0 spiro atoms. The van der Waals surface area contributed by atoms with E-state index in [2.05, 4.69) is 15.9 Å². The fraction of sp³-hybridized carbons (Fsp3) is 0.379. The number of benzene rings is 2. The Morgan fingerprint density at radius 1 is 1.00 bits per heavy atom. The molecule has 0 bridgehead atoms. The Labute approximate surface area is 249 Å². The lowest BCUT2D eigenvalue weighted by molar-refractivity contribution is -0.141. The van der Waals surface area contributed by atoms with Crippen molar-refractivity contribution < 1.29 is 29.0 Å². The van der Waals surface area contributed by atoms with Gasteiger partial charge in [0.05, 0.1) is 30.9 Å². The van der Waals surface area contributed by atoms with Crippen LogP contribution in [-0.4, -0.2) is 60.8 Å². The predicted octanol–water partition coefficient (Wildman–Crippen LogP) is 4.31. The number of hydrogen-bond donors (Lipinski definition) is 1. The molecule has 2 aromatic carbocycles. The number of imide groups is 2. The summed E-state index contributed by atoms with van der Waals surface area (Å²) in [5, 5.41) is 10.6. The van der Waals surface area contributed by atoms with Crippen molar-refractivity contribution in [3.05, 3.63) is 71.3 Å². The van der Waals surface area contributed by atoms with E-state index < -0.39 is 45.2 Å². The third-order valence-corrected chi connectivity index (χ3v) is 10.7. The number of nitrogens with zero attached hydrogens (tertiary/aromatic N) is 2. The summed E-state index contributed by atoms with van der Waals surface area (Å²) in [6.07, 6.45) is 2.05. The molecule has 0 radical (unpaired) electrons. The minimum Gasteiger partial charge on any atom is -0.504 e. The first-order chi connectivity index (χ1) is 19.1. The van der Waals surface area contributed by atoms with Crippen LogP contribution in [0.3, 0.4) is 0 Å². The van der Waals surface area contributed by atoms with Crippen molar-refractivity contribution in [3.8, 4) is 11.5 Å². The van der Waals surface area contributed by atoms with Gasteiger partial charge in [-0.2, -0.15) is 0 Å². The van der Waals surface area contributed by atoms with E-state index in [0.29, 0.717) is 11.1 Å². The number of fused-ring (bicyclic) bond motifs is 4. The molecule has 2 saturated heterocycles. The molecule has 3 fully saturated rings. The van der Waals surface area contributed by atoms with Crippen LogP contribution in [0.2, 0.25) is 0 Å². The second-order valence-corrected chi connectivity index (χ2v) is 12.4. The van der Waals surface area contributed by atoms with Gasteiger partial charge in [0, 0.05) is 5.92 Å². The van der Waals surface area contributed by atoms with Crippen LogP contribution in [0.25, 0.3) is 0 Å². The molecule has 208 valence electrons. The first-order valence-corrected chi connectivity index (χ1v) is 14.7. The van der Waals surface area contributed by atoms with Crippen molar-refractivity contribution in [3.63, 3.8) is 0 Å². The van der Waals surface area contributed by atoms with Crippen LogP contribution in [0.1, 0.15) is 29.9 Å². The molecule has 8 nitrogen and oxygen atoms in total. The highest BCUT2D eigenvalue weighted by atomic mass is 79.9. The highest BCUT2D eigenvalue weighted by Crippen LogP contribution is 2.65. The molecular formula is C29H25BrCl2N2O6. The van der Waals surface area contributed by atoms with Crippen LogP contribution >= 0.6 is 39.1 Å². The van der Waals surface area contributed by atoms with Gasteiger partial charge in [-0.3, -0.25) is 29.0 Å². The average Bonchev–Trinajstić information content (AvgIpc) is 3.27. The maximum atomic E-state index is 13.9. The zero-order valence-corrected chi connectivity index (χ0v) is 24.4. The zero-order valence-electron chi connectivity index (χ0n) is 21.4. The predicted molar refractivity (Wildman–Crippen MR) is 150 cm³/mol. The molecule has 6 rings (SSSR count). The summed E-state index contributed by atoms with van der Waals surface area (Å²) in [5.41, 5.74) is 1.83. The lowest BCUT2D eigenvalue weighted by Gasteiger charge is -2.50. The number of hydrogen-bond acceptors (Lipinski definition) is 6. The molecular weight excluding hydrogens is 623 g/mol. The van der Waals surface area contributed by atoms with Crippen LogP contribution in [0.4, 0.5) is 0 Å². The first kappa shape index (κ1) is 27.3. The number of rotatable bonds is 5. The Morgan fingerprint density at radius 3 is 2.38 bits per heavy atom. The molecule has 2 aliphatic carbocycles. The minimum absolute atomic E-state index is 0.0873. The van der Waals surface area contributed by atoms with Crippen molar-refractivity contribution >= 4 is 62.8 Å². The second-order valence-electron chi connectivity index (χ2n) is 10.7. The molecule has 11 heteroatoms. The normalized spacial score (nSPS) is 33.0. The van der Waals surface area contributed by atoms with Gasteiger partial charge in [-0.25, -0.2) is 0 Å². The highest BCUT2D eigenvalue weighted by molar-refractivity contribution is 9.09. The molecule has 2 heterocycles. The van der Waals surface area contributed by atoms with Gasteiger partial charge in [0.25, 0.3) is 11.8 Å². The van der Waals surface area contributed by atoms with Gasteiger partial charge < -0.3 is 9.84 Å². The fourth-order valence-corrected chi connectivity index (χ4v) is 8.43. The molecule has 4 aliphatic rings. The SMILES string of the molecule is COc1ccc(C2C3=CCC4C(=O)N(Cc5ccccc5)C(=O)C4C3CC3(Cl)C(=O)N(CBr)C(=O)C23Cl)cc1O. The lowest BCUT2D eigenvalue weighted by Crippen LogP contribution is -2.60. The summed E-state index contributed by atoms with van der Waals surface area (Å²) in [6.45, 7) is 0.142. The number of carbonyl (C=O) groups excluding carboxylic acids is 4. The molecule has 1 saturated carbocycles. The summed E-state index contributed by atoms with van der Waals surface area (Å²) < 4.78 is 5.19. The van der Waals surface area contributed by atoms with Crippen LogP contribution in [0.15, 0.2) is 60.2 Å². The zero-order chi connectivity index (χ0) is 28.6. The van der Waals surface area contributed by atoms with Crippen LogP contribution in [0, 0.1) is 17.8 Å². The molecule has 4 amide bonds. The largest absolute Gasteiger partial charge is 0.504 e. The second kappa shape index (κ2) is 9.60. The van der Waals surface area contributed by atoms with Crippen molar-refractivity contribution in [1.29, 1.82) is 0 Å². The van der Waals surface area contributed by atoms with Gasteiger partial charge in [0.2, 0.25) is 11.8 Å². The number of methoxy groups -OCH3 is 1. The molecule has 6 atom stereocenters. The summed E-state index contributed by atoms with van der Waals surface area (Å²) in [5.74, 6) is -4.82. The summed E-state index contributed by atoms with van der Waals surface area (Å²) >= 11 is 17.6. The standard InChI is InChI=1S/C29H25BrCl2N2O6/c1-40-21-10-7-16(11-20(21)35)23-17-8-9-18-22(25(37)33(24(18)36)13-15-5-3-2-4-6-15)19(17)12-28(31)26(38)34(14-30)27(39)29(23,28)32/h2-8,10-11,18-19,22-23,35H,9,12-14H2,1H3. The van der Waals surface area contributed by atoms with Crippen molar-refractivity contribution in [2.45, 2.75) is 35.1 Å². The Balaban J connectivity index is 1.48. The van der Waals surface area contributed by atoms with E-state index in [0.717, 1.165) is 10.5 Å². The number of likely N-dealkylation sites (tertiary alicyclic amines) is 2. The van der Waals surface area contributed by atoms with E-state index >= 15 is 0 Å². The van der Waals surface area contributed by atoms with Gasteiger partial charge in [-0.15, -0.1) is 23.2 Å². The average molecular weight is 648 g/mol. The first-order valence-electron chi connectivity index (χ1n) is 12.8. The van der Waals surface area contributed by atoms with Crippen molar-refractivity contribution in [2.24, 2.45) is 17.8 Å². The van der Waals surface area contributed by atoms with Gasteiger partial charge >= 0.3 is 0 Å². The third kappa shape index (κ3) is 3.56. The van der Waals surface area contributed by atoms with E-state index in [4.69, 9.17) is 27.9 Å². The lowest BCUT2D eigenvalue weighted by atomic mass is 9.56. The molecule has 1 N–H and O–H groups in total. The molecule has 0 aromatic heterocycles. The minimum atomic E-state index is -1.93. The van der Waals surface area contributed by atoms with E-state index in [-0.39, 0.29) is 48.2 Å². The molecule has 40 heavy (non-hydrogen) atoms. The van der Waals surface area contributed by atoms with Gasteiger partial charge in [0.15, 0.2) is 21.2 Å². The number of ether oxygens (including phenoxy) is 1.